The average Bonchev–Trinajstić information content (AvgIpc) is 2.46. The summed E-state index contributed by atoms with van der Waals surface area (Å²) in [5.74, 6) is 0.506. The maximum atomic E-state index is 13.1. The molecule has 2 rings (SSSR count). The summed E-state index contributed by atoms with van der Waals surface area (Å²) in [6.45, 7) is 3.29. The molecule has 0 saturated carbocycles. The van der Waals surface area contributed by atoms with Crippen molar-refractivity contribution in [2.45, 2.75) is 19.6 Å². The molecule has 0 bridgehead atoms. The molecular formula is C18H22FNO2. The summed E-state index contributed by atoms with van der Waals surface area (Å²) in [6.07, 6.45) is -0.597. The van der Waals surface area contributed by atoms with Gasteiger partial charge in [-0.05, 0) is 43.8 Å². The number of aryl methyl sites for hydroxylation is 1. The Balaban J connectivity index is 1.76. The zero-order chi connectivity index (χ0) is 15.9. The molecule has 0 aliphatic heterocycles. The fourth-order valence-corrected chi connectivity index (χ4v) is 2.25. The number of hydrogen-bond acceptors (Lipinski definition) is 3. The van der Waals surface area contributed by atoms with Crippen LogP contribution in [-0.4, -0.2) is 36.3 Å². The van der Waals surface area contributed by atoms with Crippen LogP contribution in [0.3, 0.4) is 0 Å². The van der Waals surface area contributed by atoms with Gasteiger partial charge in [0.1, 0.15) is 24.3 Å². The monoisotopic (exact) mass is 303 g/mol. The summed E-state index contributed by atoms with van der Waals surface area (Å²) in [6, 6.07) is 14.2. The van der Waals surface area contributed by atoms with Crippen molar-refractivity contribution in [2.24, 2.45) is 0 Å². The van der Waals surface area contributed by atoms with Crippen molar-refractivity contribution in [3.05, 3.63) is 65.5 Å². The smallest absolute Gasteiger partial charge is 0.123 e. The molecular weight excluding hydrogens is 281 g/mol. The Kier molecular flexibility index (Phi) is 5.92. The average molecular weight is 303 g/mol. The lowest BCUT2D eigenvalue weighted by atomic mass is 10.2. The van der Waals surface area contributed by atoms with Gasteiger partial charge in [0.2, 0.25) is 0 Å². The van der Waals surface area contributed by atoms with Crippen LogP contribution < -0.4 is 4.74 Å². The van der Waals surface area contributed by atoms with Gasteiger partial charge in [0.05, 0.1) is 0 Å². The molecule has 118 valence electrons. The summed E-state index contributed by atoms with van der Waals surface area (Å²) < 4.78 is 18.7. The molecule has 1 unspecified atom stereocenters. The highest BCUT2D eigenvalue weighted by Crippen LogP contribution is 2.12. The van der Waals surface area contributed by atoms with Crippen LogP contribution in [0.15, 0.2) is 48.5 Å². The highest BCUT2D eigenvalue weighted by Gasteiger charge is 2.10. The molecule has 0 aromatic heterocycles. The third-order valence-corrected chi connectivity index (χ3v) is 3.33. The summed E-state index contributed by atoms with van der Waals surface area (Å²) in [5.41, 5.74) is 2.05. The molecule has 2 aromatic carbocycles. The Morgan fingerprint density at radius 1 is 1.18 bits per heavy atom. The van der Waals surface area contributed by atoms with Gasteiger partial charge >= 0.3 is 0 Å². The van der Waals surface area contributed by atoms with Gasteiger partial charge in [-0.25, -0.2) is 4.39 Å². The van der Waals surface area contributed by atoms with Gasteiger partial charge in [0.25, 0.3) is 0 Å². The van der Waals surface area contributed by atoms with E-state index in [9.17, 15) is 9.50 Å². The lowest BCUT2D eigenvalue weighted by molar-refractivity contribution is 0.0744. The Morgan fingerprint density at radius 2 is 1.91 bits per heavy atom. The first kappa shape index (κ1) is 16.5. The van der Waals surface area contributed by atoms with Crippen molar-refractivity contribution in [3.8, 4) is 5.75 Å². The van der Waals surface area contributed by atoms with Crippen LogP contribution in [0, 0.1) is 12.7 Å². The molecule has 2 aromatic rings. The van der Waals surface area contributed by atoms with Crippen LogP contribution in [-0.2, 0) is 6.54 Å². The highest BCUT2D eigenvalue weighted by atomic mass is 19.1. The Hall–Kier alpha value is -1.91. The maximum Gasteiger partial charge on any atom is 0.123 e. The number of rotatable bonds is 7. The zero-order valence-electron chi connectivity index (χ0n) is 13.0. The third-order valence-electron chi connectivity index (χ3n) is 3.33. The summed E-state index contributed by atoms with van der Waals surface area (Å²) in [4.78, 5) is 1.94. The van der Waals surface area contributed by atoms with E-state index in [0.29, 0.717) is 13.1 Å². The molecule has 0 fully saturated rings. The second-order valence-electron chi connectivity index (χ2n) is 5.60. The number of aliphatic hydroxyl groups excluding tert-OH is 1. The number of nitrogens with zero attached hydrogens (tertiary/aromatic N) is 1. The lowest BCUT2D eigenvalue weighted by Crippen LogP contribution is -2.32. The van der Waals surface area contributed by atoms with Crippen LogP contribution in [0.4, 0.5) is 4.39 Å². The van der Waals surface area contributed by atoms with Gasteiger partial charge in [0.15, 0.2) is 0 Å². The first-order valence-electron chi connectivity index (χ1n) is 7.33. The van der Waals surface area contributed by atoms with Crippen LogP contribution in [0.5, 0.6) is 5.75 Å². The van der Waals surface area contributed by atoms with Crippen molar-refractivity contribution in [1.82, 2.24) is 4.90 Å². The summed E-state index contributed by atoms with van der Waals surface area (Å²) in [7, 11) is 1.89. The Labute approximate surface area is 131 Å². The van der Waals surface area contributed by atoms with Crippen molar-refractivity contribution in [3.63, 3.8) is 0 Å². The molecule has 4 heteroatoms. The molecule has 3 nitrogen and oxygen atoms in total. The first-order chi connectivity index (χ1) is 10.5. The molecule has 0 saturated heterocycles. The molecule has 0 amide bonds. The van der Waals surface area contributed by atoms with Crippen LogP contribution in [0.2, 0.25) is 0 Å². The molecule has 1 atom stereocenters. The molecule has 0 heterocycles. The first-order valence-corrected chi connectivity index (χ1v) is 7.33. The van der Waals surface area contributed by atoms with Gasteiger partial charge in [-0.1, -0.05) is 29.8 Å². The molecule has 0 aliphatic rings. The minimum absolute atomic E-state index is 0.233. The van der Waals surface area contributed by atoms with Crippen molar-refractivity contribution < 1.29 is 14.2 Å². The van der Waals surface area contributed by atoms with E-state index in [1.54, 1.807) is 6.07 Å². The van der Waals surface area contributed by atoms with E-state index in [-0.39, 0.29) is 12.4 Å². The largest absolute Gasteiger partial charge is 0.491 e. The number of halogens is 1. The van der Waals surface area contributed by atoms with Crippen molar-refractivity contribution in [2.75, 3.05) is 20.2 Å². The van der Waals surface area contributed by atoms with E-state index in [0.717, 1.165) is 11.3 Å². The van der Waals surface area contributed by atoms with Gasteiger partial charge in [-0.15, -0.1) is 0 Å². The fraction of sp³-hybridized carbons (Fsp3) is 0.333. The minimum Gasteiger partial charge on any atom is -0.491 e. The van der Waals surface area contributed by atoms with Crippen LogP contribution in [0.1, 0.15) is 11.1 Å². The molecule has 22 heavy (non-hydrogen) atoms. The van der Waals surface area contributed by atoms with Crippen LogP contribution >= 0.6 is 0 Å². The van der Waals surface area contributed by atoms with Gasteiger partial charge in [0, 0.05) is 13.1 Å². The highest BCUT2D eigenvalue weighted by molar-refractivity contribution is 5.26. The second kappa shape index (κ2) is 7.92. The standard InChI is InChI=1S/C18H22FNO2/c1-14-6-8-18(9-7-14)22-13-17(21)12-20(2)11-15-4-3-5-16(19)10-15/h3-10,17,21H,11-13H2,1-2H3. The topological polar surface area (TPSA) is 32.7 Å². The number of aliphatic hydroxyl groups is 1. The van der Waals surface area contributed by atoms with E-state index >= 15 is 0 Å². The molecule has 0 aliphatic carbocycles. The minimum atomic E-state index is -0.597. The van der Waals surface area contributed by atoms with E-state index in [1.807, 2.05) is 49.2 Å². The summed E-state index contributed by atoms with van der Waals surface area (Å²) in [5, 5.41) is 10.0. The van der Waals surface area contributed by atoms with Crippen molar-refractivity contribution in [1.29, 1.82) is 0 Å². The zero-order valence-corrected chi connectivity index (χ0v) is 13.0. The quantitative estimate of drug-likeness (QED) is 0.853. The molecule has 1 N–H and O–H groups in total. The lowest BCUT2D eigenvalue weighted by Gasteiger charge is -2.21. The molecule has 0 spiro atoms. The van der Waals surface area contributed by atoms with Gasteiger partial charge in [-0.3, -0.25) is 4.90 Å². The predicted molar refractivity (Wildman–Crippen MR) is 85.4 cm³/mol. The van der Waals surface area contributed by atoms with Gasteiger partial charge in [-0.2, -0.15) is 0 Å². The second-order valence-corrected chi connectivity index (χ2v) is 5.60. The number of likely N-dealkylation sites (N-methyl/N-ethyl adjacent to an activating group) is 1. The van der Waals surface area contributed by atoms with Crippen molar-refractivity contribution >= 4 is 0 Å². The number of hydrogen-bond donors (Lipinski definition) is 1. The number of ether oxygens (including phenoxy) is 1. The van der Waals surface area contributed by atoms with E-state index in [2.05, 4.69) is 0 Å². The Bertz CT molecular complexity index is 586. The SMILES string of the molecule is Cc1ccc(OCC(O)CN(C)Cc2cccc(F)c2)cc1. The number of benzene rings is 2. The van der Waals surface area contributed by atoms with E-state index < -0.39 is 6.10 Å². The fourth-order valence-electron chi connectivity index (χ4n) is 2.25. The normalized spacial score (nSPS) is 12.4. The van der Waals surface area contributed by atoms with Crippen LogP contribution in [0.25, 0.3) is 0 Å². The van der Waals surface area contributed by atoms with Gasteiger partial charge < -0.3 is 9.84 Å². The molecule has 0 radical (unpaired) electrons. The van der Waals surface area contributed by atoms with E-state index in [1.165, 1.54) is 17.7 Å². The predicted octanol–water partition coefficient (Wildman–Crippen LogP) is 3.01. The maximum absolute atomic E-state index is 13.1. The third kappa shape index (κ3) is 5.47. The Morgan fingerprint density at radius 3 is 2.59 bits per heavy atom. The summed E-state index contributed by atoms with van der Waals surface area (Å²) >= 11 is 0. The van der Waals surface area contributed by atoms with E-state index in [4.69, 9.17) is 4.74 Å².